The number of carbonyl (C=O) groups excluding carboxylic acids is 2. The number of rotatable bonds is 4. The first-order valence-electron chi connectivity index (χ1n) is 5.82. The fourth-order valence-electron chi connectivity index (χ4n) is 1.69. The highest BCUT2D eigenvalue weighted by Gasteiger charge is 2.18. The van der Waals surface area contributed by atoms with Crippen molar-refractivity contribution >= 4 is 34.4 Å². The fraction of sp³-hybridized carbons (Fsp3) is 0.385. The number of hydrogen-bond donors (Lipinski definition) is 2. The highest BCUT2D eigenvalue weighted by molar-refractivity contribution is 14.1. The van der Waals surface area contributed by atoms with Gasteiger partial charge in [0.2, 0.25) is 5.91 Å². The van der Waals surface area contributed by atoms with Crippen molar-refractivity contribution in [1.29, 1.82) is 0 Å². The van der Waals surface area contributed by atoms with E-state index in [1.165, 1.54) is 11.0 Å². The van der Waals surface area contributed by atoms with Gasteiger partial charge in [-0.15, -0.1) is 0 Å². The van der Waals surface area contributed by atoms with Crippen LogP contribution >= 0.6 is 22.6 Å². The molecular weight excluding hydrogens is 359 g/mol. The lowest BCUT2D eigenvalue weighted by molar-refractivity contribution is -0.124. The second-order valence-corrected chi connectivity index (χ2v) is 5.53. The van der Waals surface area contributed by atoms with E-state index in [1.807, 2.05) is 22.6 Å². The molecule has 0 saturated heterocycles. The molecule has 1 rings (SSSR count). The molecular formula is C13H17IN2O3. The average Bonchev–Trinajstić information content (AvgIpc) is 2.39. The normalized spacial score (nSPS) is 11.8. The van der Waals surface area contributed by atoms with Crippen LogP contribution in [0.3, 0.4) is 0 Å². The number of aromatic hydroxyl groups is 1. The van der Waals surface area contributed by atoms with Crippen molar-refractivity contribution in [3.05, 3.63) is 27.3 Å². The van der Waals surface area contributed by atoms with Gasteiger partial charge in [0.25, 0.3) is 5.91 Å². The maximum Gasteiger partial charge on any atom is 0.253 e. The molecule has 0 bridgehead atoms. The van der Waals surface area contributed by atoms with Gasteiger partial charge in [0, 0.05) is 26.2 Å². The van der Waals surface area contributed by atoms with E-state index in [2.05, 4.69) is 5.32 Å². The lowest BCUT2D eigenvalue weighted by Gasteiger charge is -2.21. The maximum atomic E-state index is 12.1. The van der Waals surface area contributed by atoms with Gasteiger partial charge in [-0.2, -0.15) is 0 Å². The van der Waals surface area contributed by atoms with E-state index in [9.17, 15) is 14.7 Å². The van der Waals surface area contributed by atoms with Crippen LogP contribution in [0.1, 0.15) is 17.3 Å². The maximum absolute atomic E-state index is 12.1. The van der Waals surface area contributed by atoms with Crippen LogP contribution in [-0.2, 0) is 4.79 Å². The van der Waals surface area contributed by atoms with Crippen LogP contribution in [0.4, 0.5) is 0 Å². The minimum absolute atomic E-state index is 0.0826. The molecule has 0 aromatic heterocycles. The lowest BCUT2D eigenvalue weighted by atomic mass is 10.1. The van der Waals surface area contributed by atoms with Crippen molar-refractivity contribution in [3.8, 4) is 5.75 Å². The summed E-state index contributed by atoms with van der Waals surface area (Å²) < 4.78 is 0.690. The Morgan fingerprint density at radius 2 is 2.11 bits per heavy atom. The molecule has 5 nitrogen and oxygen atoms in total. The van der Waals surface area contributed by atoms with Crippen molar-refractivity contribution in [1.82, 2.24) is 10.2 Å². The zero-order chi connectivity index (χ0) is 14.6. The number of phenolic OH excluding ortho intramolecular Hbond substituents is 1. The van der Waals surface area contributed by atoms with Crippen LogP contribution in [0, 0.1) is 9.49 Å². The molecule has 1 unspecified atom stereocenters. The zero-order valence-corrected chi connectivity index (χ0v) is 13.3. The fourth-order valence-corrected chi connectivity index (χ4v) is 2.02. The number of amides is 2. The predicted octanol–water partition coefficient (Wildman–Crippen LogP) is 1.45. The third kappa shape index (κ3) is 4.09. The second kappa shape index (κ2) is 6.74. The molecule has 0 heterocycles. The number of hydrogen-bond acceptors (Lipinski definition) is 3. The molecule has 0 fully saturated rings. The zero-order valence-electron chi connectivity index (χ0n) is 11.1. The minimum Gasteiger partial charge on any atom is -0.507 e. The van der Waals surface area contributed by atoms with Crippen molar-refractivity contribution in [3.63, 3.8) is 0 Å². The largest absolute Gasteiger partial charge is 0.507 e. The highest BCUT2D eigenvalue weighted by atomic mass is 127. The molecule has 1 atom stereocenters. The molecule has 0 saturated carbocycles. The van der Waals surface area contributed by atoms with Crippen LogP contribution in [0.5, 0.6) is 5.75 Å². The molecule has 1 aromatic rings. The standard InChI is InChI=1S/C13H17IN2O3/c1-8(12(18)15-2)7-16(3)13(19)9-4-5-10(14)11(17)6-9/h4-6,8,17H,7H2,1-3H3,(H,15,18). The summed E-state index contributed by atoms with van der Waals surface area (Å²) in [6.07, 6.45) is 0. The Morgan fingerprint density at radius 1 is 1.47 bits per heavy atom. The predicted molar refractivity (Wildman–Crippen MR) is 81.0 cm³/mol. The summed E-state index contributed by atoms with van der Waals surface area (Å²) >= 11 is 1.99. The number of nitrogens with zero attached hydrogens (tertiary/aromatic N) is 1. The third-order valence-corrected chi connectivity index (χ3v) is 3.69. The average molecular weight is 376 g/mol. The van der Waals surface area contributed by atoms with Crippen LogP contribution in [0.25, 0.3) is 0 Å². The Bertz CT molecular complexity index is 491. The monoisotopic (exact) mass is 376 g/mol. The minimum atomic E-state index is -0.281. The molecule has 1 aromatic carbocycles. The number of nitrogens with one attached hydrogen (secondary N) is 1. The SMILES string of the molecule is CNC(=O)C(C)CN(C)C(=O)c1ccc(I)c(O)c1. The molecule has 0 aliphatic carbocycles. The van der Waals surface area contributed by atoms with Crippen LogP contribution in [0.2, 0.25) is 0 Å². The van der Waals surface area contributed by atoms with Gasteiger partial charge < -0.3 is 15.3 Å². The number of halogens is 1. The molecule has 0 radical (unpaired) electrons. The second-order valence-electron chi connectivity index (χ2n) is 4.37. The lowest BCUT2D eigenvalue weighted by Crippen LogP contribution is -2.37. The van der Waals surface area contributed by atoms with Crippen molar-refractivity contribution in [2.24, 2.45) is 5.92 Å². The summed E-state index contributed by atoms with van der Waals surface area (Å²) in [5.74, 6) is -0.525. The molecule has 0 aliphatic rings. The molecule has 2 amide bonds. The summed E-state index contributed by atoms with van der Waals surface area (Å²) in [5.41, 5.74) is 0.407. The van der Waals surface area contributed by atoms with E-state index < -0.39 is 0 Å². The van der Waals surface area contributed by atoms with Crippen molar-refractivity contribution in [2.45, 2.75) is 6.92 Å². The van der Waals surface area contributed by atoms with Crippen molar-refractivity contribution in [2.75, 3.05) is 20.6 Å². The Hall–Kier alpha value is -1.31. The van der Waals surface area contributed by atoms with E-state index >= 15 is 0 Å². The van der Waals surface area contributed by atoms with Gasteiger partial charge in [-0.3, -0.25) is 9.59 Å². The first-order valence-corrected chi connectivity index (χ1v) is 6.90. The highest BCUT2D eigenvalue weighted by Crippen LogP contribution is 2.21. The quantitative estimate of drug-likeness (QED) is 0.782. The van der Waals surface area contributed by atoms with E-state index in [0.717, 1.165) is 0 Å². The van der Waals surface area contributed by atoms with Crippen LogP contribution < -0.4 is 5.32 Å². The summed E-state index contributed by atoms with van der Waals surface area (Å²) in [6, 6.07) is 4.77. The van der Waals surface area contributed by atoms with E-state index in [0.29, 0.717) is 15.7 Å². The van der Waals surface area contributed by atoms with Gasteiger partial charge in [0.1, 0.15) is 5.75 Å². The summed E-state index contributed by atoms with van der Waals surface area (Å²) in [7, 11) is 3.20. The van der Waals surface area contributed by atoms with Crippen LogP contribution in [0.15, 0.2) is 18.2 Å². The first-order chi connectivity index (χ1) is 8.86. The molecule has 2 N–H and O–H groups in total. The third-order valence-electron chi connectivity index (χ3n) is 2.78. The molecule has 19 heavy (non-hydrogen) atoms. The summed E-state index contributed by atoms with van der Waals surface area (Å²) in [6.45, 7) is 2.08. The van der Waals surface area contributed by atoms with E-state index in [1.54, 1.807) is 33.2 Å². The smallest absolute Gasteiger partial charge is 0.253 e. The van der Waals surface area contributed by atoms with Crippen LogP contribution in [-0.4, -0.2) is 42.5 Å². The number of benzene rings is 1. The van der Waals surface area contributed by atoms with E-state index in [4.69, 9.17) is 0 Å². The molecule has 0 spiro atoms. The molecule has 0 aliphatic heterocycles. The number of phenols is 1. The topological polar surface area (TPSA) is 69.6 Å². The Balaban J connectivity index is 2.76. The number of carbonyl (C=O) groups is 2. The summed E-state index contributed by atoms with van der Waals surface area (Å²) in [5, 5.41) is 12.1. The Morgan fingerprint density at radius 3 is 2.63 bits per heavy atom. The summed E-state index contributed by atoms with van der Waals surface area (Å²) in [4.78, 5) is 25.0. The Labute approximate surface area is 126 Å². The Kier molecular flexibility index (Phi) is 5.59. The van der Waals surface area contributed by atoms with Gasteiger partial charge in [-0.25, -0.2) is 0 Å². The molecule has 6 heteroatoms. The van der Waals surface area contributed by atoms with Gasteiger partial charge in [-0.05, 0) is 40.8 Å². The van der Waals surface area contributed by atoms with Gasteiger partial charge in [0.15, 0.2) is 0 Å². The first kappa shape index (κ1) is 15.7. The van der Waals surface area contributed by atoms with Gasteiger partial charge >= 0.3 is 0 Å². The molecule has 104 valence electrons. The van der Waals surface area contributed by atoms with Gasteiger partial charge in [-0.1, -0.05) is 6.92 Å². The van der Waals surface area contributed by atoms with E-state index in [-0.39, 0.29) is 23.5 Å². The van der Waals surface area contributed by atoms with Crippen molar-refractivity contribution < 1.29 is 14.7 Å². The van der Waals surface area contributed by atoms with Gasteiger partial charge in [0.05, 0.1) is 9.49 Å².